The van der Waals surface area contributed by atoms with Gasteiger partial charge in [0.15, 0.2) is 5.82 Å². The quantitative estimate of drug-likeness (QED) is 0.628. The molecule has 1 atom stereocenters. The first-order valence-corrected chi connectivity index (χ1v) is 8.73. The van der Waals surface area contributed by atoms with E-state index in [-0.39, 0.29) is 0 Å². The van der Waals surface area contributed by atoms with E-state index in [9.17, 15) is 0 Å². The summed E-state index contributed by atoms with van der Waals surface area (Å²) in [4.78, 5) is 4.43. The number of nitrogens with one attached hydrogen (secondary N) is 2. The number of ether oxygens (including phenoxy) is 1. The predicted molar refractivity (Wildman–Crippen MR) is 104 cm³/mol. The molecule has 0 radical (unpaired) electrons. The molecule has 1 aromatic heterocycles. The van der Waals surface area contributed by atoms with Crippen LogP contribution in [0.2, 0.25) is 0 Å². The van der Waals surface area contributed by atoms with Crippen molar-refractivity contribution in [2.24, 2.45) is 0 Å². The van der Waals surface area contributed by atoms with E-state index in [0.717, 1.165) is 23.4 Å². The Balaban J connectivity index is 1.58. The lowest BCUT2D eigenvalue weighted by molar-refractivity contribution is 0.306. The van der Waals surface area contributed by atoms with Crippen LogP contribution in [0, 0.1) is 0 Å². The number of nitrogens with zero attached hydrogens (tertiary/aromatic N) is 3. The maximum atomic E-state index is 5.79. The minimum absolute atomic E-state index is 0.334. The van der Waals surface area contributed by atoms with Gasteiger partial charge in [-0.3, -0.25) is 0 Å². The van der Waals surface area contributed by atoms with Crippen LogP contribution < -0.4 is 15.4 Å². The summed E-state index contributed by atoms with van der Waals surface area (Å²) in [6.45, 7) is 4.76. The summed E-state index contributed by atoms with van der Waals surface area (Å²) in [6.07, 6.45) is 2.63. The van der Waals surface area contributed by atoms with Gasteiger partial charge in [0.25, 0.3) is 0 Å². The number of aromatic nitrogens is 3. The second kappa shape index (κ2) is 8.80. The molecule has 1 heterocycles. The van der Waals surface area contributed by atoms with Crippen molar-refractivity contribution in [3.63, 3.8) is 0 Å². The lowest BCUT2D eigenvalue weighted by Gasteiger charge is -2.12. The highest BCUT2D eigenvalue weighted by atomic mass is 16.5. The minimum atomic E-state index is 0.334. The zero-order chi connectivity index (χ0) is 18.2. The second-order valence-corrected chi connectivity index (χ2v) is 6.04. The van der Waals surface area contributed by atoms with Crippen LogP contribution in [-0.4, -0.2) is 21.2 Å². The number of hydrogen-bond acceptors (Lipinski definition) is 6. The van der Waals surface area contributed by atoms with Crippen LogP contribution in [0.25, 0.3) is 0 Å². The highest BCUT2D eigenvalue weighted by Gasteiger charge is 2.04. The summed E-state index contributed by atoms with van der Waals surface area (Å²) in [5, 5.41) is 14.5. The van der Waals surface area contributed by atoms with Gasteiger partial charge >= 0.3 is 0 Å². The standard InChI is InChI=1S/C20H23N5O/c1-3-15(2)22-19-13-21-25-20(24-19)23-17-9-11-18(12-10-17)26-14-16-7-5-4-6-8-16/h4-13,15H,3,14H2,1-2H3,(H2,22,23,24,25). The third-order valence-electron chi connectivity index (χ3n) is 3.92. The molecule has 0 amide bonds. The Kier molecular flexibility index (Phi) is 5.98. The molecule has 134 valence electrons. The molecule has 3 rings (SSSR count). The molecule has 26 heavy (non-hydrogen) atoms. The highest BCUT2D eigenvalue weighted by Crippen LogP contribution is 2.19. The van der Waals surface area contributed by atoms with Crippen LogP contribution >= 0.6 is 0 Å². The Morgan fingerprint density at radius 3 is 2.54 bits per heavy atom. The fourth-order valence-corrected chi connectivity index (χ4v) is 2.29. The summed E-state index contributed by atoms with van der Waals surface area (Å²) in [5.41, 5.74) is 2.01. The maximum Gasteiger partial charge on any atom is 0.249 e. The van der Waals surface area contributed by atoms with Crippen LogP contribution in [0.1, 0.15) is 25.8 Å². The molecule has 1 unspecified atom stereocenters. The molecule has 0 fully saturated rings. The monoisotopic (exact) mass is 349 g/mol. The molecular formula is C20H23N5O. The van der Waals surface area contributed by atoms with E-state index in [1.165, 1.54) is 0 Å². The molecule has 2 N–H and O–H groups in total. The molecule has 0 bridgehead atoms. The van der Waals surface area contributed by atoms with Crippen LogP contribution in [0.5, 0.6) is 5.75 Å². The lowest BCUT2D eigenvalue weighted by atomic mass is 10.2. The first kappa shape index (κ1) is 17.7. The summed E-state index contributed by atoms with van der Waals surface area (Å²) >= 11 is 0. The van der Waals surface area contributed by atoms with Gasteiger partial charge in [-0.05, 0) is 43.2 Å². The van der Waals surface area contributed by atoms with Crippen molar-refractivity contribution in [1.82, 2.24) is 15.2 Å². The Bertz CT molecular complexity index is 808. The van der Waals surface area contributed by atoms with Crippen molar-refractivity contribution in [3.05, 3.63) is 66.4 Å². The van der Waals surface area contributed by atoms with Crippen LogP contribution in [0.15, 0.2) is 60.8 Å². The van der Waals surface area contributed by atoms with Gasteiger partial charge in [0, 0.05) is 11.7 Å². The molecule has 6 nitrogen and oxygen atoms in total. The van der Waals surface area contributed by atoms with Crippen molar-refractivity contribution < 1.29 is 4.74 Å². The minimum Gasteiger partial charge on any atom is -0.489 e. The third kappa shape index (κ3) is 5.17. The van der Waals surface area contributed by atoms with Crippen molar-refractivity contribution in [2.75, 3.05) is 10.6 Å². The van der Waals surface area contributed by atoms with Gasteiger partial charge < -0.3 is 15.4 Å². The number of rotatable bonds is 8. The third-order valence-corrected chi connectivity index (χ3v) is 3.92. The molecule has 6 heteroatoms. The Morgan fingerprint density at radius 1 is 1.04 bits per heavy atom. The fraction of sp³-hybridized carbons (Fsp3) is 0.250. The van der Waals surface area contributed by atoms with E-state index in [2.05, 4.69) is 39.7 Å². The summed E-state index contributed by atoms with van der Waals surface area (Å²) < 4.78 is 5.79. The van der Waals surface area contributed by atoms with Gasteiger partial charge in [0.1, 0.15) is 12.4 Å². The zero-order valence-corrected chi connectivity index (χ0v) is 15.0. The van der Waals surface area contributed by atoms with Gasteiger partial charge in [-0.2, -0.15) is 10.1 Å². The van der Waals surface area contributed by atoms with E-state index in [1.54, 1.807) is 6.20 Å². The van der Waals surface area contributed by atoms with Crippen LogP contribution in [0.4, 0.5) is 17.5 Å². The van der Waals surface area contributed by atoms with Gasteiger partial charge in [-0.25, -0.2) is 0 Å². The van der Waals surface area contributed by atoms with Gasteiger partial charge in [0.2, 0.25) is 5.95 Å². The SMILES string of the molecule is CCC(C)Nc1cnnc(Nc2ccc(OCc3ccccc3)cc2)n1. The highest BCUT2D eigenvalue weighted by molar-refractivity contribution is 5.55. The Labute approximate surface area is 153 Å². The number of anilines is 3. The fourth-order valence-electron chi connectivity index (χ4n) is 2.29. The van der Waals surface area contributed by atoms with Crippen molar-refractivity contribution in [3.8, 4) is 5.75 Å². The van der Waals surface area contributed by atoms with E-state index < -0.39 is 0 Å². The zero-order valence-electron chi connectivity index (χ0n) is 15.0. The topological polar surface area (TPSA) is 72.0 Å². The predicted octanol–water partition coefficient (Wildman–Crippen LogP) is 4.40. The number of hydrogen-bond donors (Lipinski definition) is 2. The average Bonchev–Trinajstić information content (AvgIpc) is 2.68. The molecule has 0 aliphatic rings. The van der Waals surface area contributed by atoms with E-state index in [4.69, 9.17) is 4.74 Å². The number of benzene rings is 2. The molecule has 0 aliphatic carbocycles. The van der Waals surface area contributed by atoms with E-state index in [0.29, 0.717) is 24.4 Å². The molecule has 0 saturated carbocycles. The largest absolute Gasteiger partial charge is 0.489 e. The van der Waals surface area contributed by atoms with Crippen molar-refractivity contribution in [2.45, 2.75) is 32.9 Å². The Morgan fingerprint density at radius 2 is 1.81 bits per heavy atom. The molecule has 0 spiro atoms. The summed E-state index contributed by atoms with van der Waals surface area (Å²) in [5.74, 6) is 1.97. The first-order chi connectivity index (χ1) is 12.7. The van der Waals surface area contributed by atoms with E-state index in [1.807, 2.05) is 54.6 Å². The average molecular weight is 349 g/mol. The van der Waals surface area contributed by atoms with Crippen molar-refractivity contribution >= 4 is 17.5 Å². The van der Waals surface area contributed by atoms with Gasteiger partial charge in [0.05, 0.1) is 6.20 Å². The summed E-state index contributed by atoms with van der Waals surface area (Å²) in [6, 6.07) is 18.1. The van der Waals surface area contributed by atoms with Crippen molar-refractivity contribution in [1.29, 1.82) is 0 Å². The first-order valence-electron chi connectivity index (χ1n) is 8.73. The second-order valence-electron chi connectivity index (χ2n) is 6.04. The summed E-state index contributed by atoms with van der Waals surface area (Å²) in [7, 11) is 0. The Hall–Kier alpha value is -3.15. The van der Waals surface area contributed by atoms with Gasteiger partial charge in [-0.15, -0.1) is 5.10 Å². The molecule has 0 saturated heterocycles. The van der Waals surface area contributed by atoms with Crippen LogP contribution in [0.3, 0.4) is 0 Å². The lowest BCUT2D eigenvalue weighted by Crippen LogP contribution is -2.15. The molecular weight excluding hydrogens is 326 g/mol. The van der Waals surface area contributed by atoms with Gasteiger partial charge in [-0.1, -0.05) is 37.3 Å². The van der Waals surface area contributed by atoms with E-state index >= 15 is 0 Å². The molecule has 0 aliphatic heterocycles. The smallest absolute Gasteiger partial charge is 0.249 e. The normalized spacial score (nSPS) is 11.6. The molecule has 3 aromatic rings. The maximum absolute atomic E-state index is 5.79. The van der Waals surface area contributed by atoms with Crippen LogP contribution in [-0.2, 0) is 6.61 Å². The molecule has 2 aromatic carbocycles.